The van der Waals surface area contributed by atoms with Crippen molar-refractivity contribution < 1.29 is 13.5 Å². The van der Waals surface area contributed by atoms with Gasteiger partial charge < -0.3 is 4.74 Å². The van der Waals surface area contributed by atoms with Crippen molar-refractivity contribution in [3.05, 3.63) is 63.6 Å². The highest BCUT2D eigenvalue weighted by atomic mass is 79.9. The van der Waals surface area contributed by atoms with Gasteiger partial charge in [-0.3, -0.25) is 0 Å². The van der Waals surface area contributed by atoms with Crippen LogP contribution in [0.15, 0.2) is 40.9 Å². The minimum absolute atomic E-state index is 0.160. The zero-order chi connectivity index (χ0) is 14.0. The van der Waals surface area contributed by atoms with Crippen molar-refractivity contribution in [2.45, 2.75) is 5.38 Å². The molecule has 5 heteroatoms. The zero-order valence-corrected chi connectivity index (χ0v) is 12.3. The highest BCUT2D eigenvalue weighted by Crippen LogP contribution is 2.33. The van der Waals surface area contributed by atoms with Crippen molar-refractivity contribution in [1.29, 1.82) is 0 Å². The zero-order valence-electron chi connectivity index (χ0n) is 9.96. The van der Waals surface area contributed by atoms with Crippen molar-refractivity contribution in [3.8, 4) is 5.75 Å². The van der Waals surface area contributed by atoms with Crippen LogP contribution in [0.1, 0.15) is 16.5 Å². The molecule has 0 saturated heterocycles. The van der Waals surface area contributed by atoms with Gasteiger partial charge in [-0.15, -0.1) is 11.6 Å². The lowest BCUT2D eigenvalue weighted by molar-refractivity contribution is 0.386. The quantitative estimate of drug-likeness (QED) is 0.705. The lowest BCUT2D eigenvalue weighted by Crippen LogP contribution is -1.96. The Labute approximate surface area is 123 Å². The highest BCUT2D eigenvalue weighted by Gasteiger charge is 2.14. The topological polar surface area (TPSA) is 9.23 Å². The SMILES string of the molecule is COc1ccc(C(Cl)c2ccc(F)c(Br)c2)cc1F. The number of hydrogen-bond donors (Lipinski definition) is 0. The highest BCUT2D eigenvalue weighted by molar-refractivity contribution is 9.10. The third kappa shape index (κ3) is 3.07. The van der Waals surface area contributed by atoms with Crippen LogP contribution in [-0.2, 0) is 0 Å². The first-order valence-electron chi connectivity index (χ1n) is 5.45. The van der Waals surface area contributed by atoms with Crippen LogP contribution in [-0.4, -0.2) is 7.11 Å². The van der Waals surface area contributed by atoms with Gasteiger partial charge in [0.2, 0.25) is 0 Å². The summed E-state index contributed by atoms with van der Waals surface area (Å²) in [5.74, 6) is -0.687. The van der Waals surface area contributed by atoms with E-state index >= 15 is 0 Å². The number of ether oxygens (including phenoxy) is 1. The van der Waals surface area contributed by atoms with E-state index in [0.717, 1.165) is 0 Å². The Bertz CT molecular complexity index is 604. The number of benzene rings is 2. The molecule has 0 fully saturated rings. The third-order valence-corrected chi connectivity index (χ3v) is 3.82. The molecule has 0 saturated carbocycles. The molecule has 1 atom stereocenters. The number of hydrogen-bond acceptors (Lipinski definition) is 1. The van der Waals surface area contributed by atoms with Gasteiger partial charge in [0.1, 0.15) is 5.82 Å². The summed E-state index contributed by atoms with van der Waals surface area (Å²) in [6.45, 7) is 0. The van der Waals surface area contributed by atoms with E-state index in [0.29, 0.717) is 15.6 Å². The summed E-state index contributed by atoms with van der Waals surface area (Å²) in [6.07, 6.45) is 0. The van der Waals surface area contributed by atoms with Gasteiger partial charge in [0, 0.05) is 0 Å². The summed E-state index contributed by atoms with van der Waals surface area (Å²) in [7, 11) is 1.40. The first-order chi connectivity index (χ1) is 9.02. The molecule has 0 aliphatic heterocycles. The molecule has 0 aliphatic rings. The Balaban J connectivity index is 2.35. The van der Waals surface area contributed by atoms with Gasteiger partial charge in [-0.2, -0.15) is 0 Å². The molecule has 2 rings (SSSR count). The van der Waals surface area contributed by atoms with Gasteiger partial charge in [-0.1, -0.05) is 12.1 Å². The molecule has 0 bridgehead atoms. The lowest BCUT2D eigenvalue weighted by atomic mass is 10.0. The Morgan fingerprint density at radius 2 is 1.68 bits per heavy atom. The van der Waals surface area contributed by atoms with Gasteiger partial charge in [0.15, 0.2) is 11.6 Å². The third-order valence-electron chi connectivity index (χ3n) is 2.70. The number of alkyl halides is 1. The first kappa shape index (κ1) is 14.3. The molecule has 1 nitrogen and oxygen atoms in total. The molecule has 0 radical (unpaired) electrons. The van der Waals surface area contributed by atoms with E-state index in [1.165, 1.54) is 25.3 Å². The molecule has 0 heterocycles. The molecule has 2 aromatic carbocycles. The van der Waals surface area contributed by atoms with E-state index in [-0.39, 0.29) is 11.6 Å². The second kappa shape index (κ2) is 5.88. The molecule has 0 aromatic heterocycles. The fourth-order valence-electron chi connectivity index (χ4n) is 1.70. The molecule has 1 unspecified atom stereocenters. The van der Waals surface area contributed by atoms with Crippen LogP contribution in [0.5, 0.6) is 5.75 Å². The van der Waals surface area contributed by atoms with Crippen LogP contribution in [0.3, 0.4) is 0 Å². The summed E-state index contributed by atoms with van der Waals surface area (Å²) in [5, 5.41) is -0.558. The Hall–Kier alpha value is -1.13. The second-order valence-electron chi connectivity index (χ2n) is 3.93. The van der Waals surface area contributed by atoms with Gasteiger partial charge in [0.05, 0.1) is 17.0 Å². The van der Waals surface area contributed by atoms with Gasteiger partial charge >= 0.3 is 0 Å². The Kier molecular flexibility index (Phi) is 4.42. The average molecular weight is 348 g/mol. The molecular formula is C14H10BrClF2O. The van der Waals surface area contributed by atoms with Crippen molar-refractivity contribution in [2.75, 3.05) is 7.11 Å². The van der Waals surface area contributed by atoms with Crippen LogP contribution < -0.4 is 4.74 Å². The molecule has 19 heavy (non-hydrogen) atoms. The summed E-state index contributed by atoms with van der Waals surface area (Å²) < 4.78 is 31.9. The van der Waals surface area contributed by atoms with E-state index in [1.54, 1.807) is 18.2 Å². The summed E-state index contributed by atoms with van der Waals surface area (Å²) in [4.78, 5) is 0. The van der Waals surface area contributed by atoms with Crippen molar-refractivity contribution in [1.82, 2.24) is 0 Å². The molecule has 0 N–H and O–H groups in total. The Morgan fingerprint density at radius 1 is 1.05 bits per heavy atom. The monoisotopic (exact) mass is 346 g/mol. The van der Waals surface area contributed by atoms with Crippen LogP contribution >= 0.6 is 27.5 Å². The van der Waals surface area contributed by atoms with Crippen LogP contribution in [0.4, 0.5) is 8.78 Å². The second-order valence-corrected chi connectivity index (χ2v) is 5.22. The molecule has 0 amide bonds. The van der Waals surface area contributed by atoms with E-state index in [9.17, 15) is 8.78 Å². The number of rotatable bonds is 3. The molecular weight excluding hydrogens is 338 g/mol. The first-order valence-corrected chi connectivity index (χ1v) is 6.68. The molecule has 0 spiro atoms. The summed E-state index contributed by atoms with van der Waals surface area (Å²) >= 11 is 9.37. The molecule has 0 aliphatic carbocycles. The molecule has 2 aromatic rings. The predicted octanol–water partition coefficient (Wildman–Crippen LogP) is 5.06. The normalized spacial score (nSPS) is 12.3. The average Bonchev–Trinajstić information content (AvgIpc) is 2.41. The van der Waals surface area contributed by atoms with Gasteiger partial charge in [-0.05, 0) is 51.3 Å². The van der Waals surface area contributed by atoms with E-state index < -0.39 is 11.2 Å². The standard InChI is InChI=1S/C14H10BrClF2O/c1-19-13-5-3-9(7-12(13)18)14(16)8-2-4-11(17)10(15)6-8/h2-7,14H,1H3. The fraction of sp³-hybridized carbons (Fsp3) is 0.143. The van der Waals surface area contributed by atoms with Crippen LogP contribution in [0.2, 0.25) is 0 Å². The van der Waals surface area contributed by atoms with E-state index in [2.05, 4.69) is 15.9 Å². The minimum Gasteiger partial charge on any atom is -0.494 e. The van der Waals surface area contributed by atoms with Gasteiger partial charge in [0.25, 0.3) is 0 Å². The van der Waals surface area contributed by atoms with Crippen LogP contribution in [0, 0.1) is 11.6 Å². The van der Waals surface area contributed by atoms with E-state index in [1.807, 2.05) is 0 Å². The van der Waals surface area contributed by atoms with Crippen molar-refractivity contribution in [2.24, 2.45) is 0 Å². The predicted molar refractivity (Wildman–Crippen MR) is 74.7 cm³/mol. The Morgan fingerprint density at radius 3 is 2.26 bits per heavy atom. The minimum atomic E-state index is -0.558. The maximum atomic E-state index is 13.6. The lowest BCUT2D eigenvalue weighted by Gasteiger charge is -2.12. The van der Waals surface area contributed by atoms with Crippen LogP contribution in [0.25, 0.3) is 0 Å². The molecule has 100 valence electrons. The smallest absolute Gasteiger partial charge is 0.165 e. The number of methoxy groups -OCH3 is 1. The largest absolute Gasteiger partial charge is 0.494 e. The maximum Gasteiger partial charge on any atom is 0.165 e. The fourth-order valence-corrected chi connectivity index (χ4v) is 2.37. The summed E-state index contributed by atoms with van der Waals surface area (Å²) in [6, 6.07) is 8.97. The number of halogens is 4. The maximum absolute atomic E-state index is 13.6. The van der Waals surface area contributed by atoms with Crippen molar-refractivity contribution >= 4 is 27.5 Å². The van der Waals surface area contributed by atoms with Gasteiger partial charge in [-0.25, -0.2) is 8.78 Å². The van der Waals surface area contributed by atoms with E-state index in [4.69, 9.17) is 16.3 Å². The summed E-state index contributed by atoms with van der Waals surface area (Å²) in [5.41, 5.74) is 1.26. The van der Waals surface area contributed by atoms with Crippen molar-refractivity contribution in [3.63, 3.8) is 0 Å².